The van der Waals surface area contributed by atoms with Crippen LogP contribution < -0.4 is 0 Å². The van der Waals surface area contributed by atoms with Crippen LogP contribution in [0, 0.1) is 0 Å². The van der Waals surface area contributed by atoms with Crippen LogP contribution >= 0.6 is 27.5 Å². The van der Waals surface area contributed by atoms with E-state index < -0.39 is 5.97 Å². The van der Waals surface area contributed by atoms with Crippen molar-refractivity contribution >= 4 is 33.5 Å². The van der Waals surface area contributed by atoms with Gasteiger partial charge in [-0.1, -0.05) is 33.6 Å². The van der Waals surface area contributed by atoms with Gasteiger partial charge in [0, 0.05) is 10.7 Å². The fourth-order valence-corrected chi connectivity index (χ4v) is 2.07. The summed E-state index contributed by atoms with van der Waals surface area (Å²) >= 11 is 9.10. The average Bonchev–Trinajstić information content (AvgIpc) is 2.67. The van der Waals surface area contributed by atoms with E-state index in [1.54, 1.807) is 35.3 Å². The summed E-state index contributed by atoms with van der Waals surface area (Å²) in [6.45, 7) is 0.535. The number of aromatic carboxylic acids is 1. The van der Waals surface area contributed by atoms with Crippen LogP contribution in [0.25, 0.3) is 0 Å². The molecule has 0 aliphatic carbocycles. The number of benzene rings is 1. The Morgan fingerprint density at radius 3 is 2.82 bits per heavy atom. The predicted molar refractivity (Wildman–Crippen MR) is 67.4 cm³/mol. The molecule has 4 nitrogen and oxygen atoms in total. The molecular formula is C11H8BrClN2O2. The number of hydrogen-bond donors (Lipinski definition) is 1. The maximum Gasteiger partial charge on any atom is 0.335 e. The van der Waals surface area contributed by atoms with E-state index in [1.165, 1.54) is 0 Å². The fourth-order valence-electron chi connectivity index (χ4n) is 1.41. The second kappa shape index (κ2) is 4.89. The Balaban J connectivity index is 2.25. The van der Waals surface area contributed by atoms with Gasteiger partial charge < -0.3 is 5.11 Å². The van der Waals surface area contributed by atoms with Crippen molar-refractivity contribution in [2.75, 3.05) is 0 Å². The van der Waals surface area contributed by atoms with Crippen molar-refractivity contribution in [2.24, 2.45) is 0 Å². The molecule has 0 atom stereocenters. The molecule has 0 fully saturated rings. The molecule has 88 valence electrons. The summed E-state index contributed by atoms with van der Waals surface area (Å²) in [5.74, 6) is -0.945. The normalized spacial score (nSPS) is 10.5. The van der Waals surface area contributed by atoms with E-state index in [0.29, 0.717) is 11.6 Å². The predicted octanol–water partition coefficient (Wildman–Crippen LogP) is 3.05. The van der Waals surface area contributed by atoms with Gasteiger partial charge in [-0.2, -0.15) is 5.10 Å². The van der Waals surface area contributed by atoms with Gasteiger partial charge in [0.05, 0.1) is 23.3 Å². The Labute approximate surface area is 111 Å². The Morgan fingerprint density at radius 2 is 2.29 bits per heavy atom. The van der Waals surface area contributed by atoms with Gasteiger partial charge in [-0.25, -0.2) is 4.79 Å². The third-order valence-electron chi connectivity index (χ3n) is 2.23. The maximum absolute atomic E-state index is 10.8. The number of nitrogens with zero attached hydrogens (tertiary/aromatic N) is 2. The average molecular weight is 316 g/mol. The number of carboxylic acids is 1. The maximum atomic E-state index is 10.8. The van der Waals surface area contributed by atoms with Crippen LogP contribution in [-0.4, -0.2) is 20.9 Å². The lowest BCUT2D eigenvalue weighted by atomic mass is 10.1. The summed E-state index contributed by atoms with van der Waals surface area (Å²) in [5.41, 5.74) is 1.19. The lowest BCUT2D eigenvalue weighted by Gasteiger charge is -2.05. The molecule has 1 aromatic heterocycles. The number of rotatable bonds is 3. The largest absolute Gasteiger partial charge is 0.478 e. The van der Waals surface area contributed by atoms with Gasteiger partial charge in [0.15, 0.2) is 0 Å². The topological polar surface area (TPSA) is 55.1 Å². The van der Waals surface area contributed by atoms with Gasteiger partial charge in [0.25, 0.3) is 0 Å². The van der Waals surface area contributed by atoms with Crippen LogP contribution in [0.15, 0.2) is 35.1 Å². The number of carbonyl (C=O) groups is 1. The molecule has 0 saturated carbocycles. The van der Waals surface area contributed by atoms with E-state index in [1.807, 2.05) is 0 Å². The van der Waals surface area contributed by atoms with Crippen molar-refractivity contribution in [1.29, 1.82) is 0 Å². The van der Waals surface area contributed by atoms with Gasteiger partial charge in [-0.15, -0.1) is 0 Å². The van der Waals surface area contributed by atoms with Crippen molar-refractivity contribution in [3.05, 3.63) is 51.2 Å². The highest BCUT2D eigenvalue weighted by atomic mass is 79.9. The molecule has 1 heterocycles. The summed E-state index contributed by atoms with van der Waals surface area (Å²) in [7, 11) is 0. The summed E-state index contributed by atoms with van der Waals surface area (Å²) in [4.78, 5) is 10.8. The van der Waals surface area contributed by atoms with Crippen molar-refractivity contribution in [3.63, 3.8) is 0 Å². The zero-order valence-corrected chi connectivity index (χ0v) is 10.9. The summed E-state index contributed by atoms with van der Waals surface area (Å²) in [5, 5.41) is 13.5. The van der Waals surface area contributed by atoms with Crippen molar-refractivity contribution in [2.45, 2.75) is 6.54 Å². The van der Waals surface area contributed by atoms with Gasteiger partial charge in [0.2, 0.25) is 0 Å². The standard InChI is InChI=1S/C11H8BrClN2O2/c12-10-3-7(11(16)17)1-2-8(10)5-15-6-9(13)4-14-15/h1-4,6H,5H2,(H,16,17). The van der Waals surface area contributed by atoms with Crippen LogP contribution in [0.3, 0.4) is 0 Å². The highest BCUT2D eigenvalue weighted by Crippen LogP contribution is 2.20. The molecule has 0 radical (unpaired) electrons. The molecule has 17 heavy (non-hydrogen) atoms. The monoisotopic (exact) mass is 314 g/mol. The third kappa shape index (κ3) is 2.87. The Hall–Kier alpha value is -1.33. The van der Waals surface area contributed by atoms with Gasteiger partial charge >= 0.3 is 5.97 Å². The molecule has 2 aromatic rings. The summed E-state index contributed by atoms with van der Waals surface area (Å²) in [6.07, 6.45) is 3.26. The number of halogens is 2. The molecular weight excluding hydrogens is 307 g/mol. The van der Waals surface area contributed by atoms with Crippen LogP contribution in [-0.2, 0) is 6.54 Å². The number of aromatic nitrogens is 2. The smallest absolute Gasteiger partial charge is 0.335 e. The lowest BCUT2D eigenvalue weighted by Crippen LogP contribution is -2.02. The van der Waals surface area contributed by atoms with Gasteiger partial charge in [0.1, 0.15) is 0 Å². The van der Waals surface area contributed by atoms with E-state index in [0.717, 1.165) is 10.0 Å². The first-order chi connectivity index (χ1) is 8.06. The lowest BCUT2D eigenvalue weighted by molar-refractivity contribution is 0.0697. The fraction of sp³-hybridized carbons (Fsp3) is 0.0909. The minimum absolute atomic E-state index is 0.249. The Bertz CT molecular complexity index is 568. The van der Waals surface area contributed by atoms with E-state index in [4.69, 9.17) is 16.7 Å². The minimum Gasteiger partial charge on any atom is -0.478 e. The number of carboxylic acid groups (broad SMARTS) is 1. The molecule has 0 aliphatic rings. The van der Waals surface area contributed by atoms with Crippen molar-refractivity contribution in [3.8, 4) is 0 Å². The Morgan fingerprint density at radius 1 is 1.53 bits per heavy atom. The highest BCUT2D eigenvalue weighted by molar-refractivity contribution is 9.10. The molecule has 0 unspecified atom stereocenters. The quantitative estimate of drug-likeness (QED) is 0.947. The zero-order chi connectivity index (χ0) is 12.4. The summed E-state index contributed by atoms with van der Waals surface area (Å²) < 4.78 is 2.42. The molecule has 0 saturated heterocycles. The zero-order valence-electron chi connectivity index (χ0n) is 8.60. The second-order valence-electron chi connectivity index (χ2n) is 3.47. The van der Waals surface area contributed by atoms with Crippen LogP contribution in [0.1, 0.15) is 15.9 Å². The first kappa shape index (κ1) is 12.1. The van der Waals surface area contributed by atoms with Crippen LogP contribution in [0.5, 0.6) is 0 Å². The SMILES string of the molecule is O=C(O)c1ccc(Cn2cc(Cl)cn2)c(Br)c1. The molecule has 1 aromatic carbocycles. The molecule has 0 spiro atoms. The van der Waals surface area contributed by atoms with Crippen molar-refractivity contribution < 1.29 is 9.90 Å². The van der Waals surface area contributed by atoms with E-state index in [9.17, 15) is 4.79 Å². The molecule has 0 aliphatic heterocycles. The second-order valence-corrected chi connectivity index (χ2v) is 4.76. The molecule has 2 rings (SSSR count). The van der Waals surface area contributed by atoms with Gasteiger partial charge in [-0.3, -0.25) is 4.68 Å². The highest BCUT2D eigenvalue weighted by Gasteiger charge is 2.07. The van der Waals surface area contributed by atoms with Crippen LogP contribution in [0.2, 0.25) is 5.02 Å². The first-order valence-corrected chi connectivity index (χ1v) is 5.93. The molecule has 6 heteroatoms. The first-order valence-electron chi connectivity index (χ1n) is 4.76. The van der Waals surface area contributed by atoms with Crippen molar-refractivity contribution in [1.82, 2.24) is 9.78 Å². The van der Waals surface area contributed by atoms with Gasteiger partial charge in [-0.05, 0) is 17.7 Å². The summed E-state index contributed by atoms with van der Waals surface area (Å²) in [6, 6.07) is 4.89. The third-order valence-corrected chi connectivity index (χ3v) is 3.17. The van der Waals surface area contributed by atoms with Crippen LogP contribution in [0.4, 0.5) is 0 Å². The molecule has 1 N–H and O–H groups in total. The molecule has 0 bridgehead atoms. The number of hydrogen-bond acceptors (Lipinski definition) is 2. The van der Waals surface area contributed by atoms with E-state index in [-0.39, 0.29) is 5.56 Å². The minimum atomic E-state index is -0.945. The Kier molecular flexibility index (Phi) is 3.49. The van der Waals surface area contributed by atoms with E-state index in [2.05, 4.69) is 21.0 Å². The van der Waals surface area contributed by atoms with E-state index >= 15 is 0 Å². The molecule has 0 amide bonds.